The largest absolute Gasteiger partial charge is 0.392 e. The molecule has 1 aliphatic rings. The number of hydrogen-bond acceptors (Lipinski definition) is 3. The lowest BCUT2D eigenvalue weighted by molar-refractivity contribution is 0.0571. The first-order chi connectivity index (χ1) is 11.8. The quantitative estimate of drug-likeness (QED) is 0.755. The van der Waals surface area contributed by atoms with Crippen molar-refractivity contribution in [1.29, 1.82) is 0 Å². The van der Waals surface area contributed by atoms with E-state index in [0.29, 0.717) is 6.10 Å². The predicted octanol–water partition coefficient (Wildman–Crippen LogP) is 3.40. The first kappa shape index (κ1) is 17.2. The van der Waals surface area contributed by atoms with Crippen LogP contribution in [0.3, 0.4) is 0 Å². The van der Waals surface area contributed by atoms with Crippen molar-refractivity contribution < 1.29 is 9.84 Å². The lowest BCUT2D eigenvalue weighted by Crippen LogP contribution is -2.23. The fourth-order valence-electron chi connectivity index (χ4n) is 3.26. The average molecular weight is 325 g/mol. The lowest BCUT2D eigenvalue weighted by atomic mass is 10.1. The number of likely N-dealkylation sites (tertiary alicyclic amines) is 1. The summed E-state index contributed by atoms with van der Waals surface area (Å²) in [4.78, 5) is 2.45. The molecule has 1 unspecified atom stereocenters. The van der Waals surface area contributed by atoms with Gasteiger partial charge in [0, 0.05) is 26.2 Å². The minimum atomic E-state index is 0.114. The van der Waals surface area contributed by atoms with Crippen molar-refractivity contribution in [3.05, 3.63) is 71.3 Å². The molecule has 3 heteroatoms. The lowest BCUT2D eigenvalue weighted by Gasteiger charge is -2.16. The fourth-order valence-corrected chi connectivity index (χ4v) is 3.26. The van der Waals surface area contributed by atoms with E-state index < -0.39 is 0 Å². The average Bonchev–Trinajstić information content (AvgIpc) is 3.08. The molecule has 24 heavy (non-hydrogen) atoms. The van der Waals surface area contributed by atoms with Gasteiger partial charge in [-0.2, -0.15) is 0 Å². The van der Waals surface area contributed by atoms with E-state index in [1.54, 1.807) is 0 Å². The maximum atomic E-state index is 9.10. The van der Waals surface area contributed by atoms with Crippen LogP contribution in [0.25, 0.3) is 0 Å². The van der Waals surface area contributed by atoms with Crippen molar-refractivity contribution in [1.82, 2.24) is 4.90 Å². The number of hydrogen-bond donors (Lipinski definition) is 1. The van der Waals surface area contributed by atoms with Gasteiger partial charge in [-0.3, -0.25) is 4.90 Å². The van der Waals surface area contributed by atoms with Crippen molar-refractivity contribution in [3.63, 3.8) is 0 Å². The summed E-state index contributed by atoms with van der Waals surface area (Å²) in [5.41, 5.74) is 3.66. The molecule has 0 saturated carbocycles. The maximum Gasteiger partial charge on any atom is 0.0714 e. The van der Waals surface area contributed by atoms with Crippen LogP contribution < -0.4 is 0 Å². The summed E-state index contributed by atoms with van der Waals surface area (Å²) in [7, 11) is 0. The molecule has 0 aliphatic carbocycles. The third kappa shape index (κ3) is 5.17. The number of ether oxygens (including phenoxy) is 1. The van der Waals surface area contributed by atoms with Crippen molar-refractivity contribution in [2.45, 2.75) is 38.5 Å². The van der Waals surface area contributed by atoms with Gasteiger partial charge < -0.3 is 9.84 Å². The third-order valence-electron chi connectivity index (χ3n) is 4.65. The molecular weight excluding hydrogens is 298 g/mol. The van der Waals surface area contributed by atoms with Crippen molar-refractivity contribution in [2.24, 2.45) is 0 Å². The van der Waals surface area contributed by atoms with Gasteiger partial charge in [0.25, 0.3) is 0 Å². The minimum absolute atomic E-state index is 0.114. The highest BCUT2D eigenvalue weighted by Crippen LogP contribution is 2.17. The third-order valence-corrected chi connectivity index (χ3v) is 4.65. The first-order valence-corrected chi connectivity index (χ1v) is 8.90. The summed E-state index contributed by atoms with van der Waals surface area (Å²) < 4.78 is 6.05. The number of aliphatic hydroxyl groups excluding tert-OH is 1. The zero-order valence-electron chi connectivity index (χ0n) is 14.2. The molecule has 0 radical (unpaired) electrons. The van der Waals surface area contributed by atoms with Crippen molar-refractivity contribution in [2.75, 3.05) is 19.7 Å². The molecule has 1 aliphatic heterocycles. The van der Waals surface area contributed by atoms with Crippen LogP contribution in [0.1, 0.15) is 29.5 Å². The van der Waals surface area contributed by atoms with Gasteiger partial charge in [0.2, 0.25) is 0 Å². The van der Waals surface area contributed by atoms with E-state index in [4.69, 9.17) is 9.84 Å². The molecule has 1 atom stereocenters. The number of rotatable bonds is 8. The van der Waals surface area contributed by atoms with Gasteiger partial charge in [0.15, 0.2) is 0 Å². The smallest absolute Gasteiger partial charge is 0.0714 e. The Hall–Kier alpha value is -1.68. The summed E-state index contributed by atoms with van der Waals surface area (Å²) in [6.45, 7) is 4.05. The molecule has 1 saturated heterocycles. The fraction of sp³-hybridized carbons (Fsp3) is 0.429. The Morgan fingerprint density at radius 1 is 0.958 bits per heavy atom. The number of benzene rings is 2. The summed E-state index contributed by atoms with van der Waals surface area (Å²) in [5, 5.41) is 9.10. The second kappa shape index (κ2) is 8.97. The summed E-state index contributed by atoms with van der Waals surface area (Å²) >= 11 is 0. The minimum Gasteiger partial charge on any atom is -0.392 e. The first-order valence-electron chi connectivity index (χ1n) is 8.90. The monoisotopic (exact) mass is 325 g/mol. The molecule has 2 aromatic carbocycles. The van der Waals surface area contributed by atoms with Crippen LogP contribution in [0.15, 0.2) is 54.6 Å². The second-order valence-electron chi connectivity index (χ2n) is 6.58. The Balaban J connectivity index is 1.34. The van der Waals surface area contributed by atoms with Gasteiger partial charge in [0.05, 0.1) is 12.7 Å². The van der Waals surface area contributed by atoms with Crippen molar-refractivity contribution in [3.8, 4) is 0 Å². The van der Waals surface area contributed by atoms with E-state index in [0.717, 1.165) is 51.1 Å². The number of nitrogens with zero attached hydrogens (tertiary/aromatic N) is 1. The molecular formula is C21H27NO2. The van der Waals surface area contributed by atoms with Crippen LogP contribution in [-0.4, -0.2) is 35.8 Å². The van der Waals surface area contributed by atoms with Gasteiger partial charge in [0.1, 0.15) is 0 Å². The molecule has 1 fully saturated rings. The van der Waals surface area contributed by atoms with Crippen LogP contribution in [-0.2, 0) is 24.3 Å². The Labute approximate surface area is 144 Å². The highest BCUT2D eigenvalue weighted by atomic mass is 16.5. The summed E-state index contributed by atoms with van der Waals surface area (Å²) in [6.07, 6.45) is 3.68. The molecule has 3 nitrogen and oxygen atoms in total. The SMILES string of the molecule is OCc1ccc(CN2CCC(OCCCc3ccccc3)C2)cc1. The predicted molar refractivity (Wildman–Crippen MR) is 96.8 cm³/mol. The summed E-state index contributed by atoms with van der Waals surface area (Å²) in [6, 6.07) is 18.8. The zero-order chi connectivity index (χ0) is 16.6. The van der Waals surface area contributed by atoms with E-state index in [2.05, 4.69) is 47.4 Å². The van der Waals surface area contributed by atoms with Crippen LogP contribution >= 0.6 is 0 Å². The summed E-state index contributed by atoms with van der Waals surface area (Å²) in [5.74, 6) is 0. The molecule has 0 spiro atoms. The molecule has 0 amide bonds. The van der Waals surface area contributed by atoms with Gasteiger partial charge in [-0.05, 0) is 36.0 Å². The number of aliphatic hydroxyl groups is 1. The van der Waals surface area contributed by atoms with Crippen LogP contribution in [0.4, 0.5) is 0 Å². The van der Waals surface area contributed by atoms with E-state index in [1.807, 2.05) is 12.1 Å². The van der Waals surface area contributed by atoms with Gasteiger partial charge >= 0.3 is 0 Å². The Bertz CT molecular complexity index is 597. The maximum absolute atomic E-state index is 9.10. The van der Waals surface area contributed by atoms with E-state index in [9.17, 15) is 0 Å². The molecule has 3 rings (SSSR count). The standard InChI is InChI=1S/C21H27NO2/c23-17-20-10-8-19(9-11-20)15-22-13-12-21(16-22)24-14-4-7-18-5-2-1-3-6-18/h1-3,5-6,8-11,21,23H,4,7,12-17H2. The number of aryl methyl sites for hydroxylation is 1. The van der Waals surface area contributed by atoms with Gasteiger partial charge in [-0.15, -0.1) is 0 Å². The van der Waals surface area contributed by atoms with Gasteiger partial charge in [-0.25, -0.2) is 0 Å². The van der Waals surface area contributed by atoms with E-state index in [1.165, 1.54) is 11.1 Å². The molecule has 0 aromatic heterocycles. The topological polar surface area (TPSA) is 32.7 Å². The molecule has 0 bridgehead atoms. The molecule has 2 aromatic rings. The van der Waals surface area contributed by atoms with E-state index in [-0.39, 0.29) is 6.61 Å². The highest BCUT2D eigenvalue weighted by Gasteiger charge is 2.22. The second-order valence-corrected chi connectivity index (χ2v) is 6.58. The Morgan fingerprint density at radius 3 is 2.46 bits per heavy atom. The highest BCUT2D eigenvalue weighted by molar-refractivity contribution is 5.22. The molecule has 1 N–H and O–H groups in total. The molecule has 128 valence electrons. The van der Waals surface area contributed by atoms with Crippen molar-refractivity contribution >= 4 is 0 Å². The Kier molecular flexibility index (Phi) is 6.41. The normalized spacial score (nSPS) is 18.1. The molecule has 1 heterocycles. The van der Waals surface area contributed by atoms with Crippen LogP contribution in [0.5, 0.6) is 0 Å². The van der Waals surface area contributed by atoms with Crippen LogP contribution in [0, 0.1) is 0 Å². The zero-order valence-corrected chi connectivity index (χ0v) is 14.2. The van der Waals surface area contributed by atoms with Crippen LogP contribution in [0.2, 0.25) is 0 Å². The van der Waals surface area contributed by atoms with E-state index >= 15 is 0 Å². The van der Waals surface area contributed by atoms with Gasteiger partial charge in [-0.1, -0.05) is 54.6 Å². The Morgan fingerprint density at radius 2 is 1.71 bits per heavy atom.